The van der Waals surface area contributed by atoms with Crippen LogP contribution in [0.2, 0.25) is 0 Å². The van der Waals surface area contributed by atoms with Crippen molar-refractivity contribution in [3.63, 3.8) is 0 Å². The summed E-state index contributed by atoms with van der Waals surface area (Å²) in [6.45, 7) is 1.66. The minimum Gasteiger partial charge on any atom is -0.478 e. The second-order valence-electron chi connectivity index (χ2n) is 1.64. The van der Waals surface area contributed by atoms with Crippen molar-refractivity contribution >= 4 is 11.9 Å². The van der Waals surface area contributed by atoms with E-state index in [0.717, 1.165) is 6.08 Å². The molecule has 0 unspecified atom stereocenters. The maximum Gasteiger partial charge on any atom is 0.490 e. The number of rotatable bonds is 1. The van der Waals surface area contributed by atoms with Gasteiger partial charge in [0, 0.05) is 6.08 Å². The highest BCUT2D eigenvalue weighted by molar-refractivity contribution is 5.79. The predicted molar refractivity (Wildman–Crippen MR) is 36.1 cm³/mol. The third kappa shape index (κ3) is 13.5. The van der Waals surface area contributed by atoms with Gasteiger partial charge in [-0.05, 0) is 6.92 Å². The first kappa shape index (κ1) is 14.0. The molecule has 0 spiro atoms. The van der Waals surface area contributed by atoms with Gasteiger partial charge in [0.25, 0.3) is 0 Å². The Balaban J connectivity index is 0. The maximum atomic E-state index is 10.6. The molecule has 0 heterocycles. The fourth-order valence-electron chi connectivity index (χ4n) is 0.143. The first-order chi connectivity index (χ1) is 5.71. The van der Waals surface area contributed by atoms with Gasteiger partial charge in [0.1, 0.15) is 0 Å². The van der Waals surface area contributed by atoms with E-state index < -0.39 is 18.1 Å². The Bertz CT molecular complexity index is 206. The second kappa shape index (κ2) is 6.04. The number of carboxylic acids is 2. The van der Waals surface area contributed by atoms with Gasteiger partial charge in [0.15, 0.2) is 0 Å². The van der Waals surface area contributed by atoms with Crippen LogP contribution in [0.15, 0.2) is 12.2 Å². The van der Waals surface area contributed by atoms with Gasteiger partial charge >= 0.3 is 18.1 Å². The third-order valence-corrected chi connectivity index (χ3v) is 0.552. The zero-order chi connectivity index (χ0) is 11.1. The number of aliphatic carboxylic acids is 2. The molecule has 0 bridgehead atoms. The van der Waals surface area contributed by atoms with E-state index in [4.69, 9.17) is 15.0 Å². The lowest BCUT2D eigenvalue weighted by Crippen LogP contribution is -2.21. The molecule has 0 radical (unpaired) electrons. The molecule has 0 aliphatic heterocycles. The highest BCUT2D eigenvalue weighted by Gasteiger charge is 2.38. The van der Waals surface area contributed by atoms with Crippen LogP contribution in [0.3, 0.4) is 0 Å². The lowest BCUT2D eigenvalue weighted by atomic mass is 10.5. The summed E-state index contributed by atoms with van der Waals surface area (Å²) < 4.78 is 31.7. The Labute approximate surface area is 71.3 Å². The van der Waals surface area contributed by atoms with Crippen molar-refractivity contribution in [2.24, 2.45) is 0 Å². The Morgan fingerprint density at radius 1 is 1.23 bits per heavy atom. The van der Waals surface area contributed by atoms with E-state index in [9.17, 15) is 18.0 Å². The molecule has 0 saturated heterocycles. The first-order valence-corrected chi connectivity index (χ1v) is 2.87. The largest absolute Gasteiger partial charge is 0.490 e. The van der Waals surface area contributed by atoms with E-state index >= 15 is 0 Å². The van der Waals surface area contributed by atoms with Crippen LogP contribution in [0.25, 0.3) is 0 Å². The van der Waals surface area contributed by atoms with Gasteiger partial charge in [0.05, 0.1) is 0 Å². The van der Waals surface area contributed by atoms with E-state index in [1.807, 2.05) is 0 Å². The van der Waals surface area contributed by atoms with Crippen molar-refractivity contribution in [2.75, 3.05) is 0 Å². The summed E-state index contributed by atoms with van der Waals surface area (Å²) >= 11 is 0. The van der Waals surface area contributed by atoms with E-state index in [0.29, 0.717) is 0 Å². The van der Waals surface area contributed by atoms with Crippen LogP contribution in [0, 0.1) is 0 Å². The van der Waals surface area contributed by atoms with Crippen LogP contribution in [-0.2, 0) is 9.59 Å². The quantitative estimate of drug-likeness (QED) is 0.625. The second-order valence-corrected chi connectivity index (χ2v) is 1.64. The maximum absolute atomic E-state index is 10.6. The predicted octanol–water partition coefficient (Wildman–Crippen LogP) is 1.28. The Morgan fingerprint density at radius 2 is 1.54 bits per heavy atom. The molecule has 0 aromatic carbocycles. The number of halogens is 3. The smallest absolute Gasteiger partial charge is 0.478 e. The van der Waals surface area contributed by atoms with Crippen LogP contribution >= 0.6 is 0 Å². The van der Waals surface area contributed by atoms with Crippen molar-refractivity contribution in [3.05, 3.63) is 12.2 Å². The molecule has 2 N–H and O–H groups in total. The van der Waals surface area contributed by atoms with E-state index in [2.05, 4.69) is 0 Å². The number of alkyl halides is 3. The Kier molecular flexibility index (Phi) is 6.51. The number of allylic oxidation sites excluding steroid dienone is 1. The summed E-state index contributed by atoms with van der Waals surface area (Å²) in [5, 5.41) is 15.0. The SMILES string of the molecule is CC=CC(=O)O.O=C(O)C(F)(F)F. The summed E-state index contributed by atoms with van der Waals surface area (Å²) in [6.07, 6.45) is -2.53. The molecule has 0 amide bonds. The first-order valence-electron chi connectivity index (χ1n) is 2.87. The molecule has 0 rings (SSSR count). The lowest BCUT2D eigenvalue weighted by Gasteiger charge is -1.93. The third-order valence-electron chi connectivity index (χ3n) is 0.552. The Morgan fingerprint density at radius 3 is 1.54 bits per heavy atom. The van der Waals surface area contributed by atoms with Crippen molar-refractivity contribution in [2.45, 2.75) is 13.1 Å². The van der Waals surface area contributed by atoms with Crippen molar-refractivity contribution in [1.82, 2.24) is 0 Å². The van der Waals surface area contributed by atoms with Gasteiger partial charge in [-0.15, -0.1) is 0 Å². The number of hydrogen-bond acceptors (Lipinski definition) is 2. The molecule has 0 aliphatic carbocycles. The topological polar surface area (TPSA) is 74.6 Å². The molecule has 0 aromatic heterocycles. The fourth-order valence-corrected chi connectivity index (χ4v) is 0.143. The molecule has 76 valence electrons. The van der Waals surface area contributed by atoms with E-state index in [1.54, 1.807) is 6.92 Å². The molecule has 13 heavy (non-hydrogen) atoms. The normalized spacial score (nSPS) is 10.5. The van der Waals surface area contributed by atoms with Crippen molar-refractivity contribution < 1.29 is 33.0 Å². The molecule has 0 aliphatic rings. The van der Waals surface area contributed by atoms with Crippen LogP contribution < -0.4 is 0 Å². The van der Waals surface area contributed by atoms with E-state index in [-0.39, 0.29) is 0 Å². The standard InChI is InChI=1S/C4H6O2.C2HF3O2/c1-2-3-4(5)6;3-2(4,5)1(6)7/h2-3H,1H3,(H,5,6);(H,6,7). The van der Waals surface area contributed by atoms with Crippen LogP contribution in [0.1, 0.15) is 6.92 Å². The van der Waals surface area contributed by atoms with Crippen molar-refractivity contribution in [3.8, 4) is 0 Å². The number of carboxylic acid groups (broad SMARTS) is 2. The molecular weight excluding hydrogens is 193 g/mol. The Hall–Kier alpha value is -1.53. The van der Waals surface area contributed by atoms with E-state index in [1.165, 1.54) is 6.08 Å². The summed E-state index contributed by atoms with van der Waals surface area (Å²) in [7, 11) is 0. The fraction of sp³-hybridized carbons (Fsp3) is 0.333. The van der Waals surface area contributed by atoms with Gasteiger partial charge in [-0.3, -0.25) is 0 Å². The van der Waals surface area contributed by atoms with Crippen LogP contribution in [0.4, 0.5) is 13.2 Å². The minimum absolute atomic E-state index is 0.891. The lowest BCUT2D eigenvalue weighted by molar-refractivity contribution is -0.192. The molecular formula is C6H7F3O4. The zero-order valence-electron chi connectivity index (χ0n) is 6.50. The summed E-state index contributed by atoms with van der Waals surface area (Å²) in [6, 6.07) is 0. The molecule has 0 aromatic rings. The molecule has 0 fully saturated rings. The summed E-state index contributed by atoms with van der Waals surface area (Å²) in [5.41, 5.74) is 0. The minimum atomic E-state index is -5.08. The highest BCUT2D eigenvalue weighted by atomic mass is 19.4. The van der Waals surface area contributed by atoms with Gasteiger partial charge in [-0.2, -0.15) is 13.2 Å². The zero-order valence-corrected chi connectivity index (χ0v) is 6.50. The molecule has 7 heteroatoms. The molecule has 0 atom stereocenters. The highest BCUT2D eigenvalue weighted by Crippen LogP contribution is 2.13. The monoisotopic (exact) mass is 200 g/mol. The molecule has 4 nitrogen and oxygen atoms in total. The van der Waals surface area contributed by atoms with Crippen molar-refractivity contribution in [1.29, 1.82) is 0 Å². The van der Waals surface area contributed by atoms with Crippen LogP contribution in [-0.4, -0.2) is 28.3 Å². The molecule has 0 saturated carbocycles. The van der Waals surface area contributed by atoms with Gasteiger partial charge < -0.3 is 10.2 Å². The van der Waals surface area contributed by atoms with Crippen LogP contribution in [0.5, 0.6) is 0 Å². The number of carbonyl (C=O) groups is 2. The summed E-state index contributed by atoms with van der Waals surface area (Å²) in [5.74, 6) is -3.65. The average molecular weight is 200 g/mol. The van der Waals surface area contributed by atoms with Gasteiger partial charge in [-0.1, -0.05) is 6.08 Å². The van der Waals surface area contributed by atoms with Gasteiger partial charge in [-0.25, -0.2) is 9.59 Å². The number of hydrogen-bond donors (Lipinski definition) is 2. The average Bonchev–Trinajstić information content (AvgIpc) is 1.85. The van der Waals surface area contributed by atoms with Gasteiger partial charge in [0.2, 0.25) is 0 Å². The summed E-state index contributed by atoms with van der Waals surface area (Å²) in [4.78, 5) is 18.4.